The van der Waals surface area contributed by atoms with Gasteiger partial charge in [0.2, 0.25) is 0 Å². The molecule has 2 aromatic heterocycles. The van der Waals surface area contributed by atoms with Crippen molar-refractivity contribution < 1.29 is 4.42 Å². The molecule has 0 aliphatic carbocycles. The van der Waals surface area contributed by atoms with Gasteiger partial charge in [-0.3, -0.25) is 4.90 Å². The second-order valence-electron chi connectivity index (χ2n) is 11.6. The fourth-order valence-electron chi connectivity index (χ4n) is 6.65. The summed E-state index contributed by atoms with van der Waals surface area (Å²) in [5.74, 6) is 0.897. The number of hydrogen-bond acceptors (Lipinski definition) is 3. The van der Waals surface area contributed by atoms with Gasteiger partial charge in [0.15, 0.2) is 0 Å². The van der Waals surface area contributed by atoms with Gasteiger partial charge in [0, 0.05) is 38.5 Å². The van der Waals surface area contributed by atoms with Crippen LogP contribution in [0.4, 0.5) is 17.2 Å². The van der Waals surface area contributed by atoms with Crippen molar-refractivity contribution in [1.82, 2.24) is 4.98 Å². The first-order valence-corrected chi connectivity index (χ1v) is 15.6. The molecule has 3 heteroatoms. The van der Waals surface area contributed by atoms with Gasteiger partial charge in [-0.15, -0.1) is 0 Å². The van der Waals surface area contributed by atoms with Crippen molar-refractivity contribution in [3.63, 3.8) is 0 Å². The summed E-state index contributed by atoms with van der Waals surface area (Å²) in [4.78, 5) is 7.57. The van der Waals surface area contributed by atoms with Crippen LogP contribution in [-0.4, -0.2) is 4.98 Å². The Morgan fingerprint density at radius 3 is 1.72 bits per heavy atom. The van der Waals surface area contributed by atoms with Gasteiger partial charge in [-0.2, -0.15) is 0 Å². The van der Waals surface area contributed by atoms with E-state index in [9.17, 15) is 0 Å². The predicted molar refractivity (Wildman–Crippen MR) is 192 cm³/mol. The molecule has 0 saturated carbocycles. The molecule has 46 heavy (non-hydrogen) atoms. The number of pyridine rings is 1. The Balaban J connectivity index is 1.22. The Bertz CT molecular complexity index is 2510. The van der Waals surface area contributed by atoms with Crippen LogP contribution in [0.25, 0.3) is 65.9 Å². The molecule has 3 nitrogen and oxygen atoms in total. The lowest BCUT2D eigenvalue weighted by atomic mass is 10.0. The summed E-state index contributed by atoms with van der Waals surface area (Å²) in [6.07, 6.45) is 0. The summed E-state index contributed by atoms with van der Waals surface area (Å²) in [6, 6.07) is 59.6. The molecule has 7 aromatic carbocycles. The van der Waals surface area contributed by atoms with Crippen molar-refractivity contribution in [3.8, 4) is 22.3 Å². The second kappa shape index (κ2) is 10.8. The van der Waals surface area contributed by atoms with E-state index in [1.165, 1.54) is 16.5 Å². The highest BCUT2D eigenvalue weighted by Gasteiger charge is 2.20. The minimum absolute atomic E-state index is 0.897. The van der Waals surface area contributed by atoms with Gasteiger partial charge in [0.05, 0.1) is 5.52 Å². The van der Waals surface area contributed by atoms with E-state index in [4.69, 9.17) is 9.40 Å². The third-order valence-electron chi connectivity index (χ3n) is 8.87. The first-order chi connectivity index (χ1) is 22.8. The number of rotatable bonds is 5. The molecule has 0 fully saturated rings. The first kappa shape index (κ1) is 26.2. The van der Waals surface area contributed by atoms with Gasteiger partial charge < -0.3 is 4.42 Å². The molecular weight excluding hydrogens is 560 g/mol. The molecule has 2 heterocycles. The molecule has 9 rings (SSSR count). The Morgan fingerprint density at radius 2 is 0.957 bits per heavy atom. The number of fused-ring (bicyclic) bond motifs is 6. The summed E-state index contributed by atoms with van der Waals surface area (Å²) in [7, 11) is 0. The summed E-state index contributed by atoms with van der Waals surface area (Å²) in [5, 5.41) is 5.70. The minimum Gasteiger partial charge on any atom is -0.455 e. The van der Waals surface area contributed by atoms with E-state index < -0.39 is 0 Å². The molecule has 216 valence electrons. The SMILES string of the molecule is c1ccc(-c2ccc(N(c3ccc(-c4cccc5c4oc4ccccc45)cc3)c3nc4ccccc4c4ccccc34)cc2)cc1. The van der Waals surface area contributed by atoms with Crippen LogP contribution >= 0.6 is 0 Å². The molecule has 0 radical (unpaired) electrons. The van der Waals surface area contributed by atoms with Crippen molar-refractivity contribution in [2.24, 2.45) is 0 Å². The Hall–Kier alpha value is -6.19. The molecule has 0 saturated heterocycles. The van der Waals surface area contributed by atoms with E-state index >= 15 is 0 Å². The molecular formula is C43H28N2O. The van der Waals surface area contributed by atoms with Gasteiger partial charge in [0.25, 0.3) is 0 Å². The van der Waals surface area contributed by atoms with Crippen LogP contribution < -0.4 is 4.90 Å². The summed E-state index contributed by atoms with van der Waals surface area (Å²) in [6.45, 7) is 0. The van der Waals surface area contributed by atoms with Crippen molar-refractivity contribution in [3.05, 3.63) is 170 Å². The third kappa shape index (κ3) is 4.33. The lowest BCUT2D eigenvalue weighted by molar-refractivity contribution is 0.670. The van der Waals surface area contributed by atoms with Crippen molar-refractivity contribution >= 4 is 60.8 Å². The van der Waals surface area contributed by atoms with E-state index in [0.29, 0.717) is 0 Å². The molecule has 0 aliphatic heterocycles. The number of benzene rings is 7. The standard InChI is InChI=1S/C43H28N2O/c1-2-11-29(12-3-1)30-21-25-32(26-22-30)45(43-39-16-5-4-13-35(39)36-14-6-8-19-40(36)44-43)33-27-23-31(24-28-33)34-17-10-18-38-37-15-7-9-20-41(37)46-42(34)38/h1-28H. The van der Waals surface area contributed by atoms with Crippen molar-refractivity contribution in [2.75, 3.05) is 4.90 Å². The van der Waals surface area contributed by atoms with Gasteiger partial charge in [-0.25, -0.2) is 4.98 Å². The first-order valence-electron chi connectivity index (χ1n) is 15.6. The Labute approximate surface area is 266 Å². The maximum absolute atomic E-state index is 6.37. The molecule has 0 atom stereocenters. The molecule has 0 spiro atoms. The highest BCUT2D eigenvalue weighted by atomic mass is 16.3. The number of anilines is 3. The van der Waals surface area contributed by atoms with Crippen LogP contribution in [0.15, 0.2) is 174 Å². The van der Waals surface area contributed by atoms with Crippen LogP contribution in [0.1, 0.15) is 0 Å². The number of nitrogens with zero attached hydrogens (tertiary/aromatic N) is 2. The third-order valence-corrected chi connectivity index (χ3v) is 8.87. The van der Waals surface area contributed by atoms with Crippen molar-refractivity contribution in [1.29, 1.82) is 0 Å². The van der Waals surface area contributed by atoms with E-state index in [1.807, 2.05) is 12.1 Å². The number of para-hydroxylation sites is 3. The maximum Gasteiger partial charge on any atom is 0.146 e. The van der Waals surface area contributed by atoms with E-state index in [-0.39, 0.29) is 0 Å². The number of hydrogen-bond donors (Lipinski definition) is 0. The Morgan fingerprint density at radius 1 is 0.391 bits per heavy atom. The highest BCUT2D eigenvalue weighted by Crippen LogP contribution is 2.42. The van der Waals surface area contributed by atoms with Crippen molar-refractivity contribution in [2.45, 2.75) is 0 Å². The summed E-state index contributed by atoms with van der Waals surface area (Å²) < 4.78 is 6.37. The lowest BCUT2D eigenvalue weighted by Gasteiger charge is -2.26. The molecule has 0 N–H and O–H groups in total. The largest absolute Gasteiger partial charge is 0.455 e. The second-order valence-corrected chi connectivity index (χ2v) is 11.6. The molecule has 0 amide bonds. The predicted octanol–water partition coefficient (Wildman–Crippen LogP) is 12.1. The average Bonchev–Trinajstić information content (AvgIpc) is 3.52. The quantitative estimate of drug-likeness (QED) is 0.187. The average molecular weight is 589 g/mol. The molecule has 0 aliphatic rings. The molecule has 0 bridgehead atoms. The summed E-state index contributed by atoms with van der Waals surface area (Å²) >= 11 is 0. The lowest BCUT2D eigenvalue weighted by Crippen LogP contribution is -2.12. The minimum atomic E-state index is 0.897. The molecule has 0 unspecified atom stereocenters. The van der Waals surface area contributed by atoms with E-state index in [0.717, 1.165) is 66.5 Å². The monoisotopic (exact) mass is 588 g/mol. The zero-order valence-electron chi connectivity index (χ0n) is 25.0. The normalized spacial score (nSPS) is 11.5. The maximum atomic E-state index is 6.37. The van der Waals surface area contributed by atoms with E-state index in [2.05, 4.69) is 163 Å². The zero-order valence-corrected chi connectivity index (χ0v) is 25.0. The smallest absolute Gasteiger partial charge is 0.146 e. The van der Waals surface area contributed by atoms with Crippen LogP contribution in [0.2, 0.25) is 0 Å². The van der Waals surface area contributed by atoms with Crippen LogP contribution in [0.3, 0.4) is 0 Å². The molecule has 9 aromatic rings. The van der Waals surface area contributed by atoms with Crippen LogP contribution in [-0.2, 0) is 0 Å². The summed E-state index contributed by atoms with van der Waals surface area (Å²) in [5.41, 5.74) is 9.40. The van der Waals surface area contributed by atoms with Gasteiger partial charge in [-0.05, 0) is 58.5 Å². The van der Waals surface area contributed by atoms with Crippen LogP contribution in [0.5, 0.6) is 0 Å². The number of aromatic nitrogens is 1. The number of furan rings is 1. The zero-order chi connectivity index (χ0) is 30.5. The van der Waals surface area contributed by atoms with Crippen LogP contribution in [0, 0.1) is 0 Å². The fraction of sp³-hybridized carbons (Fsp3) is 0. The fourth-order valence-corrected chi connectivity index (χ4v) is 6.65. The van der Waals surface area contributed by atoms with E-state index in [1.54, 1.807) is 0 Å². The highest BCUT2D eigenvalue weighted by molar-refractivity contribution is 6.12. The topological polar surface area (TPSA) is 29.3 Å². The Kier molecular flexibility index (Phi) is 6.14. The van der Waals surface area contributed by atoms with Gasteiger partial charge >= 0.3 is 0 Å². The van der Waals surface area contributed by atoms with Gasteiger partial charge in [0.1, 0.15) is 17.0 Å². The van der Waals surface area contributed by atoms with Gasteiger partial charge in [-0.1, -0.05) is 133 Å².